The Morgan fingerprint density at radius 1 is 2.00 bits per heavy atom. The van der Waals surface area contributed by atoms with Gasteiger partial charge in [-0.15, -0.1) is 0 Å². The number of halogens is 1. The average Bonchev–Trinajstić information content (AvgIpc) is 1.91. The zero-order chi connectivity index (χ0) is 5.28. The summed E-state index contributed by atoms with van der Waals surface area (Å²) in [7, 11) is 0. The molecule has 0 saturated heterocycles. The van der Waals surface area contributed by atoms with Crippen LogP contribution in [0.3, 0.4) is 0 Å². The Balaban J connectivity index is 2.62. The number of hydrogen-bond acceptors (Lipinski definition) is 3. The van der Waals surface area contributed by atoms with E-state index in [0.717, 1.165) is 0 Å². The van der Waals surface area contributed by atoms with Gasteiger partial charge in [-0.1, -0.05) is 15.9 Å². The van der Waals surface area contributed by atoms with E-state index in [1.807, 2.05) is 0 Å². The van der Waals surface area contributed by atoms with Gasteiger partial charge in [-0.2, -0.15) is 5.10 Å². The third-order valence-corrected chi connectivity index (χ3v) is 1.29. The van der Waals surface area contributed by atoms with Crippen LogP contribution in [0.1, 0.15) is 0 Å². The molecule has 3 nitrogen and oxygen atoms in total. The highest BCUT2D eigenvalue weighted by atomic mass is 79.9. The number of Topliss-reactive ketones (excluding diaryl/α,β-unsaturated/α-hetero) is 1. The summed E-state index contributed by atoms with van der Waals surface area (Å²) >= 11 is 3.02. The molecule has 1 aliphatic rings. The van der Waals surface area contributed by atoms with E-state index in [9.17, 15) is 4.79 Å². The van der Waals surface area contributed by atoms with Crippen LogP contribution in [-0.2, 0) is 4.79 Å². The Hall–Kier alpha value is -0.380. The van der Waals surface area contributed by atoms with Crippen molar-refractivity contribution in [3.05, 3.63) is 0 Å². The zero-order valence-electron chi connectivity index (χ0n) is 3.39. The van der Waals surface area contributed by atoms with Crippen LogP contribution in [0.2, 0.25) is 0 Å². The van der Waals surface area contributed by atoms with Crippen molar-refractivity contribution in [3.8, 4) is 0 Å². The van der Waals surface area contributed by atoms with E-state index in [2.05, 4.69) is 26.5 Å². The van der Waals surface area contributed by atoms with E-state index in [4.69, 9.17) is 0 Å². The number of rotatable bonds is 0. The van der Waals surface area contributed by atoms with Crippen molar-refractivity contribution in [1.82, 2.24) is 5.43 Å². The number of carbonyl (C=O) groups excluding carboxylic acids is 1. The average molecular weight is 163 g/mol. The van der Waals surface area contributed by atoms with Crippen molar-refractivity contribution in [2.75, 3.05) is 0 Å². The summed E-state index contributed by atoms with van der Waals surface area (Å²) in [6.07, 6.45) is 1.25. The first-order valence-corrected chi connectivity index (χ1v) is 2.69. The molecule has 38 valence electrons. The number of hydrazone groups is 1. The van der Waals surface area contributed by atoms with E-state index in [1.54, 1.807) is 0 Å². The number of nitrogens with zero attached hydrogens (tertiary/aromatic N) is 1. The fraction of sp³-hybridized carbons (Fsp3) is 0.333. The Labute approximate surface area is 48.9 Å². The van der Waals surface area contributed by atoms with E-state index >= 15 is 0 Å². The van der Waals surface area contributed by atoms with Crippen LogP contribution in [0.15, 0.2) is 5.10 Å². The molecule has 1 unspecified atom stereocenters. The Kier molecular flexibility index (Phi) is 1.10. The Morgan fingerprint density at radius 2 is 2.71 bits per heavy atom. The first-order chi connectivity index (χ1) is 3.30. The van der Waals surface area contributed by atoms with Gasteiger partial charge in [-0.3, -0.25) is 10.2 Å². The summed E-state index contributed by atoms with van der Waals surface area (Å²) < 4.78 is 0. The van der Waals surface area contributed by atoms with Crippen LogP contribution in [0.5, 0.6) is 0 Å². The van der Waals surface area contributed by atoms with Crippen molar-refractivity contribution in [1.29, 1.82) is 0 Å². The normalized spacial score (nSPS) is 28.1. The molecule has 0 fully saturated rings. The molecule has 0 saturated carbocycles. The zero-order valence-corrected chi connectivity index (χ0v) is 4.97. The van der Waals surface area contributed by atoms with Gasteiger partial charge in [0, 0.05) is 0 Å². The molecule has 1 rings (SSSR count). The number of nitrogens with one attached hydrogen (secondary N) is 1. The first-order valence-electron chi connectivity index (χ1n) is 1.77. The smallest absolute Gasteiger partial charge is 0.210 e. The second kappa shape index (κ2) is 1.61. The van der Waals surface area contributed by atoms with Crippen LogP contribution in [0.4, 0.5) is 0 Å². The molecule has 4 heteroatoms. The summed E-state index contributed by atoms with van der Waals surface area (Å²) in [6, 6.07) is 0. The summed E-state index contributed by atoms with van der Waals surface area (Å²) in [4.78, 5) is 10.0. The minimum absolute atomic E-state index is 0.0278. The van der Waals surface area contributed by atoms with Gasteiger partial charge in [-0.05, 0) is 0 Å². The molecular weight excluding hydrogens is 160 g/mol. The maximum Gasteiger partial charge on any atom is 0.210 e. The molecule has 1 atom stereocenters. The molecule has 1 heterocycles. The number of carbonyl (C=O) groups is 1. The molecule has 0 aliphatic carbocycles. The largest absolute Gasteiger partial charge is 0.290 e. The standard InChI is InChI=1S/C3H3BrN2O/c4-3-2(7)1-5-6-3/h1,3,6H. The number of alkyl halides is 1. The molecule has 0 spiro atoms. The van der Waals surface area contributed by atoms with Gasteiger partial charge >= 0.3 is 0 Å². The van der Waals surface area contributed by atoms with E-state index in [1.165, 1.54) is 6.21 Å². The predicted octanol–water partition coefficient (Wildman–Crippen LogP) is -0.135. The van der Waals surface area contributed by atoms with Crippen molar-refractivity contribution in [2.24, 2.45) is 5.10 Å². The van der Waals surface area contributed by atoms with Gasteiger partial charge in [0.25, 0.3) is 0 Å². The topological polar surface area (TPSA) is 41.5 Å². The fourth-order valence-electron chi connectivity index (χ4n) is 0.295. The summed E-state index contributed by atoms with van der Waals surface area (Å²) in [6.45, 7) is 0. The van der Waals surface area contributed by atoms with Crippen molar-refractivity contribution in [2.45, 2.75) is 4.95 Å². The quantitative estimate of drug-likeness (QED) is 0.399. The SMILES string of the molecule is O=C1C=NNC1Br. The lowest BCUT2D eigenvalue weighted by atomic mass is 10.5. The summed E-state index contributed by atoms with van der Waals surface area (Å²) in [5.41, 5.74) is 2.51. The van der Waals surface area contributed by atoms with Gasteiger partial charge in [0.05, 0.1) is 6.21 Å². The minimum Gasteiger partial charge on any atom is -0.290 e. The van der Waals surface area contributed by atoms with Gasteiger partial charge in [0.1, 0.15) is 0 Å². The lowest BCUT2D eigenvalue weighted by molar-refractivity contribution is -0.111. The first kappa shape index (κ1) is 4.77. The van der Waals surface area contributed by atoms with Crippen LogP contribution in [-0.4, -0.2) is 16.9 Å². The Bertz CT molecular complexity index is 122. The fourth-order valence-corrected chi connectivity index (χ4v) is 0.532. The second-order valence-electron chi connectivity index (χ2n) is 1.15. The predicted molar refractivity (Wildman–Crippen MR) is 29.3 cm³/mol. The second-order valence-corrected chi connectivity index (χ2v) is 2.07. The monoisotopic (exact) mass is 162 g/mol. The van der Waals surface area contributed by atoms with E-state index in [0.29, 0.717) is 0 Å². The van der Waals surface area contributed by atoms with Crippen LogP contribution >= 0.6 is 15.9 Å². The van der Waals surface area contributed by atoms with E-state index in [-0.39, 0.29) is 10.7 Å². The molecular formula is C3H3BrN2O. The highest BCUT2D eigenvalue weighted by Gasteiger charge is 2.14. The third-order valence-electron chi connectivity index (χ3n) is 0.629. The molecule has 1 aliphatic heterocycles. The maximum absolute atomic E-state index is 10.3. The van der Waals surface area contributed by atoms with Gasteiger partial charge < -0.3 is 0 Å². The Morgan fingerprint density at radius 3 is 2.86 bits per heavy atom. The molecule has 0 amide bonds. The highest BCUT2D eigenvalue weighted by molar-refractivity contribution is 9.10. The van der Waals surface area contributed by atoms with Gasteiger partial charge in [0.2, 0.25) is 5.78 Å². The third kappa shape index (κ3) is 0.796. The highest BCUT2D eigenvalue weighted by Crippen LogP contribution is 1.98. The molecule has 7 heavy (non-hydrogen) atoms. The number of hydrogen-bond donors (Lipinski definition) is 1. The van der Waals surface area contributed by atoms with Crippen molar-refractivity contribution in [3.63, 3.8) is 0 Å². The van der Waals surface area contributed by atoms with Gasteiger partial charge in [-0.25, -0.2) is 0 Å². The van der Waals surface area contributed by atoms with Crippen LogP contribution in [0.25, 0.3) is 0 Å². The molecule has 0 radical (unpaired) electrons. The molecule has 1 N–H and O–H groups in total. The van der Waals surface area contributed by atoms with Crippen LogP contribution < -0.4 is 5.43 Å². The molecule has 0 aromatic heterocycles. The lowest BCUT2D eigenvalue weighted by Crippen LogP contribution is -2.18. The molecule has 0 aromatic rings. The molecule has 0 bridgehead atoms. The summed E-state index contributed by atoms with van der Waals surface area (Å²) in [5, 5.41) is 3.47. The lowest BCUT2D eigenvalue weighted by Gasteiger charge is -1.91. The van der Waals surface area contributed by atoms with E-state index < -0.39 is 0 Å². The van der Waals surface area contributed by atoms with Crippen LogP contribution in [0, 0.1) is 0 Å². The summed E-state index contributed by atoms with van der Waals surface area (Å²) in [5.74, 6) is -0.0278. The molecule has 0 aromatic carbocycles. The number of ketones is 1. The minimum atomic E-state index is -0.285. The van der Waals surface area contributed by atoms with Crippen molar-refractivity contribution < 1.29 is 4.79 Å². The van der Waals surface area contributed by atoms with Crippen molar-refractivity contribution >= 4 is 27.9 Å². The van der Waals surface area contributed by atoms with Gasteiger partial charge in [0.15, 0.2) is 4.95 Å². The maximum atomic E-state index is 10.3.